The summed E-state index contributed by atoms with van der Waals surface area (Å²) in [5.74, 6) is -0.619. The Morgan fingerprint density at radius 1 is 1.09 bits per heavy atom. The molecule has 2 aromatic rings. The Hall–Kier alpha value is -1.73. The molecule has 23 heavy (non-hydrogen) atoms. The van der Waals surface area contributed by atoms with Crippen LogP contribution in [0.25, 0.3) is 11.1 Å². The standard InChI is InChI=1S/C17H17BrN2O3/c18-13-7-5-11(6-8-13)10-1-3-12(4-2-10)14-9-15(21)16(19-14)17(22)20-23/h1-8,14-16,19,21,23H,9H2,(H,20,22). The van der Waals surface area contributed by atoms with Crippen molar-refractivity contribution in [1.82, 2.24) is 10.8 Å². The smallest absolute Gasteiger partial charge is 0.263 e. The van der Waals surface area contributed by atoms with Crippen molar-refractivity contribution in [1.29, 1.82) is 0 Å². The number of aliphatic hydroxyl groups is 1. The Labute approximate surface area is 142 Å². The fourth-order valence-corrected chi connectivity index (χ4v) is 3.14. The van der Waals surface area contributed by atoms with E-state index in [1.54, 1.807) is 5.48 Å². The van der Waals surface area contributed by atoms with Gasteiger partial charge in [0.15, 0.2) is 0 Å². The monoisotopic (exact) mass is 376 g/mol. The van der Waals surface area contributed by atoms with Crippen LogP contribution in [0.5, 0.6) is 0 Å². The van der Waals surface area contributed by atoms with Gasteiger partial charge in [0.2, 0.25) is 0 Å². The maximum atomic E-state index is 11.5. The van der Waals surface area contributed by atoms with E-state index in [4.69, 9.17) is 5.21 Å². The van der Waals surface area contributed by atoms with Gasteiger partial charge < -0.3 is 5.11 Å². The van der Waals surface area contributed by atoms with Gasteiger partial charge in [-0.25, -0.2) is 5.48 Å². The van der Waals surface area contributed by atoms with Crippen LogP contribution in [0.1, 0.15) is 18.0 Å². The third-order valence-corrected chi connectivity index (χ3v) is 4.65. The molecule has 0 bridgehead atoms. The van der Waals surface area contributed by atoms with E-state index in [1.807, 2.05) is 48.5 Å². The van der Waals surface area contributed by atoms with Gasteiger partial charge in [0.1, 0.15) is 6.04 Å². The number of carbonyl (C=O) groups excluding carboxylic acids is 1. The maximum absolute atomic E-state index is 11.5. The number of aliphatic hydroxyl groups excluding tert-OH is 1. The molecule has 3 unspecified atom stereocenters. The van der Waals surface area contributed by atoms with E-state index in [-0.39, 0.29) is 6.04 Å². The summed E-state index contributed by atoms with van der Waals surface area (Å²) in [6.07, 6.45) is -0.395. The van der Waals surface area contributed by atoms with Crippen molar-refractivity contribution < 1.29 is 15.1 Å². The van der Waals surface area contributed by atoms with Gasteiger partial charge in [-0.1, -0.05) is 52.3 Å². The van der Waals surface area contributed by atoms with Gasteiger partial charge in [-0.15, -0.1) is 0 Å². The van der Waals surface area contributed by atoms with E-state index in [2.05, 4.69) is 21.2 Å². The molecule has 0 aliphatic carbocycles. The lowest BCUT2D eigenvalue weighted by Gasteiger charge is -2.14. The first-order valence-electron chi connectivity index (χ1n) is 7.32. The highest BCUT2D eigenvalue weighted by Crippen LogP contribution is 2.29. The molecule has 120 valence electrons. The second kappa shape index (κ2) is 6.80. The van der Waals surface area contributed by atoms with Crippen LogP contribution in [-0.4, -0.2) is 28.4 Å². The first kappa shape index (κ1) is 16.1. The van der Waals surface area contributed by atoms with Crippen LogP contribution in [0.4, 0.5) is 0 Å². The average molecular weight is 377 g/mol. The molecule has 1 aliphatic rings. The molecule has 0 aromatic heterocycles. The first-order chi connectivity index (χ1) is 11.1. The van der Waals surface area contributed by atoms with Gasteiger partial charge in [0.25, 0.3) is 5.91 Å². The number of carbonyl (C=O) groups is 1. The number of hydroxylamine groups is 1. The minimum atomic E-state index is -0.821. The van der Waals surface area contributed by atoms with E-state index in [0.717, 1.165) is 21.2 Å². The highest BCUT2D eigenvalue weighted by atomic mass is 79.9. The summed E-state index contributed by atoms with van der Waals surface area (Å²) >= 11 is 3.42. The Morgan fingerprint density at radius 3 is 2.22 bits per heavy atom. The van der Waals surface area contributed by atoms with Crippen LogP contribution in [0, 0.1) is 0 Å². The second-order valence-electron chi connectivity index (χ2n) is 5.60. The summed E-state index contributed by atoms with van der Waals surface area (Å²) < 4.78 is 1.04. The van der Waals surface area contributed by atoms with Crippen molar-refractivity contribution in [2.75, 3.05) is 0 Å². The molecular weight excluding hydrogens is 360 g/mol. The lowest BCUT2D eigenvalue weighted by atomic mass is 9.99. The van der Waals surface area contributed by atoms with E-state index >= 15 is 0 Å². The predicted molar refractivity (Wildman–Crippen MR) is 89.8 cm³/mol. The van der Waals surface area contributed by atoms with Crippen molar-refractivity contribution in [3.63, 3.8) is 0 Å². The highest BCUT2D eigenvalue weighted by molar-refractivity contribution is 9.10. The summed E-state index contributed by atoms with van der Waals surface area (Å²) in [5.41, 5.74) is 4.80. The quantitative estimate of drug-likeness (QED) is 0.489. The normalized spacial score (nSPS) is 23.7. The SMILES string of the molecule is O=C(NO)C1NC(c2ccc(-c3ccc(Br)cc3)cc2)CC1O. The molecule has 1 saturated heterocycles. The fourth-order valence-electron chi connectivity index (χ4n) is 2.88. The number of amides is 1. The van der Waals surface area contributed by atoms with Crippen molar-refractivity contribution in [2.45, 2.75) is 24.6 Å². The molecule has 2 aromatic carbocycles. The zero-order valence-corrected chi connectivity index (χ0v) is 13.8. The van der Waals surface area contributed by atoms with Crippen LogP contribution in [0.15, 0.2) is 53.0 Å². The van der Waals surface area contributed by atoms with Crippen molar-refractivity contribution >= 4 is 21.8 Å². The molecular formula is C17H17BrN2O3. The predicted octanol–water partition coefficient (Wildman–Crippen LogP) is 2.39. The molecule has 5 nitrogen and oxygen atoms in total. The van der Waals surface area contributed by atoms with Crippen molar-refractivity contribution in [3.05, 3.63) is 58.6 Å². The van der Waals surface area contributed by atoms with E-state index in [1.165, 1.54) is 0 Å². The van der Waals surface area contributed by atoms with E-state index in [0.29, 0.717) is 6.42 Å². The fraction of sp³-hybridized carbons (Fsp3) is 0.235. The summed E-state index contributed by atoms with van der Waals surface area (Å²) in [5, 5.41) is 21.7. The Bertz CT molecular complexity index is 688. The molecule has 0 radical (unpaired) electrons. The van der Waals surface area contributed by atoms with Crippen LogP contribution >= 0.6 is 15.9 Å². The molecule has 1 fully saturated rings. The number of hydrogen-bond acceptors (Lipinski definition) is 4. The van der Waals surface area contributed by atoms with Gasteiger partial charge >= 0.3 is 0 Å². The maximum Gasteiger partial charge on any atom is 0.263 e. The minimum Gasteiger partial charge on any atom is -0.391 e. The second-order valence-corrected chi connectivity index (χ2v) is 6.52. The summed E-state index contributed by atoms with van der Waals surface area (Å²) in [6, 6.07) is 15.2. The van der Waals surface area contributed by atoms with Gasteiger partial charge in [-0.05, 0) is 35.2 Å². The molecule has 1 aliphatic heterocycles. The van der Waals surface area contributed by atoms with E-state index < -0.39 is 18.1 Å². The molecule has 1 amide bonds. The summed E-state index contributed by atoms with van der Waals surface area (Å²) in [4.78, 5) is 11.5. The number of rotatable bonds is 3. The van der Waals surface area contributed by atoms with Gasteiger partial charge in [0, 0.05) is 10.5 Å². The Balaban J connectivity index is 1.75. The van der Waals surface area contributed by atoms with Crippen LogP contribution in [-0.2, 0) is 4.79 Å². The van der Waals surface area contributed by atoms with Gasteiger partial charge in [0.05, 0.1) is 6.10 Å². The topological polar surface area (TPSA) is 81.6 Å². The van der Waals surface area contributed by atoms with Crippen LogP contribution < -0.4 is 10.8 Å². The number of nitrogens with one attached hydrogen (secondary N) is 2. The lowest BCUT2D eigenvalue weighted by molar-refractivity contribution is -0.133. The third-order valence-electron chi connectivity index (χ3n) is 4.13. The Morgan fingerprint density at radius 2 is 1.65 bits per heavy atom. The van der Waals surface area contributed by atoms with Gasteiger partial charge in [-0.3, -0.25) is 15.3 Å². The lowest BCUT2D eigenvalue weighted by Crippen LogP contribution is -2.45. The highest BCUT2D eigenvalue weighted by Gasteiger charge is 2.37. The molecule has 3 atom stereocenters. The molecule has 0 saturated carbocycles. The molecule has 1 heterocycles. The third kappa shape index (κ3) is 3.45. The van der Waals surface area contributed by atoms with Crippen LogP contribution in [0.3, 0.4) is 0 Å². The average Bonchev–Trinajstić information content (AvgIpc) is 2.97. The number of halogens is 1. The van der Waals surface area contributed by atoms with E-state index in [9.17, 15) is 9.90 Å². The van der Waals surface area contributed by atoms with Crippen molar-refractivity contribution in [2.24, 2.45) is 0 Å². The molecule has 3 rings (SSSR count). The van der Waals surface area contributed by atoms with Crippen molar-refractivity contribution in [3.8, 4) is 11.1 Å². The molecule has 6 heteroatoms. The zero-order valence-electron chi connectivity index (χ0n) is 12.2. The molecule has 0 spiro atoms. The molecule has 4 N–H and O–H groups in total. The first-order valence-corrected chi connectivity index (χ1v) is 8.12. The summed E-state index contributed by atoms with van der Waals surface area (Å²) in [7, 11) is 0. The summed E-state index contributed by atoms with van der Waals surface area (Å²) in [6.45, 7) is 0. The Kier molecular flexibility index (Phi) is 4.77. The van der Waals surface area contributed by atoms with Crippen LogP contribution in [0.2, 0.25) is 0 Å². The number of benzene rings is 2. The minimum absolute atomic E-state index is 0.119. The number of hydrogen-bond donors (Lipinski definition) is 4. The van der Waals surface area contributed by atoms with Gasteiger partial charge in [-0.2, -0.15) is 0 Å². The zero-order chi connectivity index (χ0) is 16.4. The largest absolute Gasteiger partial charge is 0.391 e.